The first-order valence-electron chi connectivity index (χ1n) is 7.45. The van der Waals surface area contributed by atoms with Gasteiger partial charge in [0, 0.05) is 29.7 Å². The van der Waals surface area contributed by atoms with Crippen molar-refractivity contribution in [2.75, 3.05) is 20.1 Å². The summed E-state index contributed by atoms with van der Waals surface area (Å²) in [7, 11) is 1.94. The summed E-state index contributed by atoms with van der Waals surface area (Å²) in [5, 5.41) is 10.9. The van der Waals surface area contributed by atoms with Gasteiger partial charge in [0.2, 0.25) is 0 Å². The van der Waals surface area contributed by atoms with Gasteiger partial charge in [-0.05, 0) is 32.0 Å². The molecule has 1 atom stereocenters. The number of amides is 1. The van der Waals surface area contributed by atoms with Gasteiger partial charge in [0.05, 0.1) is 17.5 Å². The topological polar surface area (TPSA) is 61.0 Å². The van der Waals surface area contributed by atoms with E-state index >= 15 is 0 Å². The number of carbonyl (C=O) groups excluding carboxylic acids is 1. The fourth-order valence-corrected chi connectivity index (χ4v) is 2.98. The molecule has 2 heterocycles. The Hall–Kier alpha value is -1.56. The van der Waals surface area contributed by atoms with Gasteiger partial charge in [0.15, 0.2) is 0 Å². The number of hydrogen-bond donors (Lipinski definition) is 2. The molecule has 0 bridgehead atoms. The Kier molecular flexibility index (Phi) is 6.04. The van der Waals surface area contributed by atoms with Gasteiger partial charge < -0.3 is 10.2 Å². The highest BCUT2D eigenvalue weighted by molar-refractivity contribution is 6.30. The molecule has 1 amide bonds. The number of aromatic amines is 1. The second-order valence-electron chi connectivity index (χ2n) is 5.54. The Balaban J connectivity index is 0.00000192. The molecule has 0 saturated carbocycles. The molecule has 124 valence electrons. The van der Waals surface area contributed by atoms with E-state index in [9.17, 15) is 4.79 Å². The van der Waals surface area contributed by atoms with Crippen LogP contribution < -0.4 is 5.32 Å². The molecule has 1 unspecified atom stereocenters. The summed E-state index contributed by atoms with van der Waals surface area (Å²) in [4.78, 5) is 14.7. The predicted octanol–water partition coefficient (Wildman–Crippen LogP) is 2.98. The molecular weight excluding hydrogens is 335 g/mol. The maximum Gasteiger partial charge on any atom is 0.257 e. The Morgan fingerprint density at radius 1 is 1.39 bits per heavy atom. The Morgan fingerprint density at radius 3 is 2.83 bits per heavy atom. The first kappa shape index (κ1) is 17.8. The average Bonchev–Trinajstić information content (AvgIpc) is 3.04. The van der Waals surface area contributed by atoms with Gasteiger partial charge in [-0.2, -0.15) is 5.10 Å². The molecule has 7 heteroatoms. The van der Waals surface area contributed by atoms with Crippen molar-refractivity contribution in [1.29, 1.82) is 0 Å². The van der Waals surface area contributed by atoms with Crippen LogP contribution in [0.25, 0.3) is 11.3 Å². The van der Waals surface area contributed by atoms with E-state index in [0.717, 1.165) is 37.2 Å². The van der Waals surface area contributed by atoms with Gasteiger partial charge in [0.1, 0.15) is 0 Å². The number of aromatic nitrogens is 2. The summed E-state index contributed by atoms with van der Waals surface area (Å²) in [5.41, 5.74) is 2.26. The molecule has 2 N–H and O–H groups in total. The van der Waals surface area contributed by atoms with Crippen LogP contribution in [0.4, 0.5) is 0 Å². The van der Waals surface area contributed by atoms with Crippen molar-refractivity contribution in [2.45, 2.75) is 18.9 Å². The van der Waals surface area contributed by atoms with E-state index in [1.807, 2.05) is 36.2 Å². The zero-order valence-corrected chi connectivity index (χ0v) is 14.5. The number of piperidine rings is 1. The quantitative estimate of drug-likeness (QED) is 0.890. The number of likely N-dealkylation sites (tertiary alicyclic amines) is 1. The molecule has 1 fully saturated rings. The number of benzene rings is 1. The number of carbonyl (C=O) groups is 1. The first-order chi connectivity index (χ1) is 10.7. The smallest absolute Gasteiger partial charge is 0.257 e. The maximum atomic E-state index is 12.8. The number of hydrogen-bond acceptors (Lipinski definition) is 3. The van der Waals surface area contributed by atoms with Crippen LogP contribution in [0.1, 0.15) is 23.2 Å². The van der Waals surface area contributed by atoms with Gasteiger partial charge >= 0.3 is 0 Å². The minimum absolute atomic E-state index is 0. The van der Waals surface area contributed by atoms with E-state index in [0.29, 0.717) is 16.6 Å². The van der Waals surface area contributed by atoms with E-state index in [-0.39, 0.29) is 18.3 Å². The summed E-state index contributed by atoms with van der Waals surface area (Å²) in [6.07, 6.45) is 3.73. The van der Waals surface area contributed by atoms with E-state index in [1.165, 1.54) is 0 Å². The van der Waals surface area contributed by atoms with Crippen molar-refractivity contribution in [1.82, 2.24) is 20.4 Å². The fraction of sp³-hybridized carbons (Fsp3) is 0.375. The molecule has 0 radical (unpaired) electrons. The number of nitrogens with zero attached hydrogens (tertiary/aromatic N) is 2. The third-order valence-electron chi connectivity index (χ3n) is 4.12. The first-order valence-corrected chi connectivity index (χ1v) is 7.82. The van der Waals surface area contributed by atoms with Crippen LogP contribution in [0.3, 0.4) is 0 Å². The number of nitrogens with one attached hydrogen (secondary N) is 2. The second kappa shape index (κ2) is 7.81. The van der Waals surface area contributed by atoms with Crippen molar-refractivity contribution in [3.63, 3.8) is 0 Å². The molecule has 1 aromatic carbocycles. The Bertz CT molecular complexity index is 656. The highest BCUT2D eigenvalue weighted by atomic mass is 35.5. The normalized spacial score (nSPS) is 17.7. The summed E-state index contributed by atoms with van der Waals surface area (Å²) in [5.74, 6) is 0.0265. The number of halogens is 2. The molecule has 1 aliphatic rings. The SMILES string of the molecule is CNC1CCCN(C(=O)c2cn[nH]c2-c2ccc(Cl)cc2)C1.Cl. The average molecular weight is 355 g/mol. The third kappa shape index (κ3) is 3.86. The third-order valence-corrected chi connectivity index (χ3v) is 4.37. The maximum absolute atomic E-state index is 12.8. The largest absolute Gasteiger partial charge is 0.337 e. The minimum Gasteiger partial charge on any atom is -0.337 e. The lowest BCUT2D eigenvalue weighted by Gasteiger charge is -2.32. The molecule has 2 aromatic rings. The zero-order chi connectivity index (χ0) is 15.5. The standard InChI is InChI=1S/C16H19ClN4O.ClH/c1-18-13-3-2-8-21(10-13)16(22)14-9-19-20-15(14)11-4-6-12(17)7-5-11;/h4-7,9,13,18H,2-3,8,10H2,1H3,(H,19,20);1H. The molecule has 1 aliphatic heterocycles. The van der Waals surface area contributed by atoms with Gasteiger partial charge in [0.25, 0.3) is 5.91 Å². The summed E-state index contributed by atoms with van der Waals surface area (Å²) in [6.45, 7) is 1.53. The lowest BCUT2D eigenvalue weighted by atomic mass is 10.0. The number of likely N-dealkylation sites (N-methyl/N-ethyl adjacent to an activating group) is 1. The van der Waals surface area contributed by atoms with Crippen molar-refractivity contribution >= 4 is 29.9 Å². The molecule has 3 rings (SSSR count). The van der Waals surface area contributed by atoms with Crippen LogP contribution in [0, 0.1) is 0 Å². The van der Waals surface area contributed by atoms with Crippen molar-refractivity contribution < 1.29 is 4.79 Å². The summed E-state index contributed by atoms with van der Waals surface area (Å²) >= 11 is 5.92. The van der Waals surface area contributed by atoms with E-state index in [1.54, 1.807) is 6.20 Å². The van der Waals surface area contributed by atoms with Crippen LogP contribution in [-0.4, -0.2) is 47.2 Å². The van der Waals surface area contributed by atoms with Gasteiger partial charge in [-0.15, -0.1) is 12.4 Å². The fourth-order valence-electron chi connectivity index (χ4n) is 2.85. The molecule has 1 aromatic heterocycles. The number of H-pyrrole nitrogens is 1. The van der Waals surface area contributed by atoms with Gasteiger partial charge in [-0.25, -0.2) is 0 Å². The van der Waals surface area contributed by atoms with E-state index in [4.69, 9.17) is 11.6 Å². The molecule has 0 aliphatic carbocycles. The molecule has 0 spiro atoms. The highest BCUT2D eigenvalue weighted by Crippen LogP contribution is 2.25. The van der Waals surface area contributed by atoms with E-state index < -0.39 is 0 Å². The molecule has 5 nitrogen and oxygen atoms in total. The van der Waals surface area contributed by atoms with E-state index in [2.05, 4.69) is 15.5 Å². The van der Waals surface area contributed by atoms with Crippen LogP contribution in [-0.2, 0) is 0 Å². The van der Waals surface area contributed by atoms with Gasteiger partial charge in [-0.3, -0.25) is 9.89 Å². The zero-order valence-electron chi connectivity index (χ0n) is 12.9. The Morgan fingerprint density at radius 2 is 2.13 bits per heavy atom. The molecule has 23 heavy (non-hydrogen) atoms. The minimum atomic E-state index is 0. The monoisotopic (exact) mass is 354 g/mol. The number of rotatable bonds is 3. The van der Waals surface area contributed by atoms with Crippen molar-refractivity contribution in [3.8, 4) is 11.3 Å². The lowest BCUT2D eigenvalue weighted by Crippen LogP contribution is -2.47. The second-order valence-corrected chi connectivity index (χ2v) is 5.98. The summed E-state index contributed by atoms with van der Waals surface area (Å²) < 4.78 is 0. The summed E-state index contributed by atoms with van der Waals surface area (Å²) in [6, 6.07) is 7.76. The van der Waals surface area contributed by atoms with Crippen LogP contribution >= 0.6 is 24.0 Å². The molecular formula is C16H20Cl2N4O. The van der Waals surface area contributed by atoms with Crippen molar-refractivity contribution in [2.24, 2.45) is 0 Å². The predicted molar refractivity (Wildman–Crippen MR) is 94.3 cm³/mol. The Labute approximate surface area is 146 Å². The van der Waals surface area contributed by atoms with Gasteiger partial charge in [-0.1, -0.05) is 23.7 Å². The van der Waals surface area contributed by atoms with Crippen LogP contribution in [0.5, 0.6) is 0 Å². The van der Waals surface area contributed by atoms with Crippen LogP contribution in [0.2, 0.25) is 5.02 Å². The molecule has 1 saturated heterocycles. The highest BCUT2D eigenvalue weighted by Gasteiger charge is 2.26. The lowest BCUT2D eigenvalue weighted by molar-refractivity contribution is 0.0699. The van der Waals surface area contributed by atoms with Crippen molar-refractivity contribution in [3.05, 3.63) is 41.0 Å². The van der Waals surface area contributed by atoms with Crippen LogP contribution in [0.15, 0.2) is 30.5 Å².